The van der Waals surface area contributed by atoms with Gasteiger partial charge in [0.2, 0.25) is 5.91 Å². The van der Waals surface area contributed by atoms with Crippen molar-refractivity contribution in [2.45, 2.75) is 19.4 Å². The number of benzene rings is 1. The summed E-state index contributed by atoms with van der Waals surface area (Å²) in [6.45, 7) is 2.73. The van der Waals surface area contributed by atoms with Crippen molar-refractivity contribution in [3.63, 3.8) is 0 Å². The Bertz CT molecular complexity index is 662. The number of nitrogens with one attached hydrogen (secondary N) is 1. The number of pyridine rings is 1. The van der Waals surface area contributed by atoms with E-state index in [0.717, 1.165) is 42.6 Å². The van der Waals surface area contributed by atoms with E-state index in [2.05, 4.69) is 49.3 Å². The summed E-state index contributed by atoms with van der Waals surface area (Å²) in [6, 6.07) is 12.0. The quantitative estimate of drug-likeness (QED) is 0.888. The smallest absolute Gasteiger partial charge is 0.228 e. The Kier molecular flexibility index (Phi) is 5.41. The Labute approximate surface area is 145 Å². The van der Waals surface area contributed by atoms with Crippen molar-refractivity contribution in [2.24, 2.45) is 5.92 Å². The topological polar surface area (TPSA) is 45.2 Å². The molecule has 120 valence electrons. The summed E-state index contributed by atoms with van der Waals surface area (Å²) in [5.74, 6) is 0.132. The second kappa shape index (κ2) is 7.70. The van der Waals surface area contributed by atoms with Crippen molar-refractivity contribution < 1.29 is 4.79 Å². The van der Waals surface area contributed by atoms with E-state index in [1.54, 1.807) is 12.4 Å². The molecule has 1 saturated heterocycles. The second-order valence-corrected chi connectivity index (χ2v) is 6.85. The highest BCUT2D eigenvalue weighted by molar-refractivity contribution is 9.10. The first-order chi connectivity index (χ1) is 11.2. The first-order valence-electron chi connectivity index (χ1n) is 7.88. The predicted octanol–water partition coefficient (Wildman–Crippen LogP) is 3.69. The van der Waals surface area contributed by atoms with E-state index in [1.807, 2.05) is 18.2 Å². The van der Waals surface area contributed by atoms with Crippen LogP contribution in [0.25, 0.3) is 0 Å². The summed E-state index contributed by atoms with van der Waals surface area (Å²) in [4.78, 5) is 18.8. The van der Waals surface area contributed by atoms with Crippen molar-refractivity contribution in [1.29, 1.82) is 0 Å². The number of hydrogen-bond acceptors (Lipinski definition) is 3. The van der Waals surface area contributed by atoms with Crippen LogP contribution in [0, 0.1) is 5.92 Å². The lowest BCUT2D eigenvalue weighted by Crippen LogP contribution is -2.40. The number of nitrogens with zero attached hydrogens (tertiary/aromatic N) is 2. The Balaban J connectivity index is 1.58. The van der Waals surface area contributed by atoms with Crippen molar-refractivity contribution in [1.82, 2.24) is 9.88 Å². The lowest BCUT2D eigenvalue weighted by molar-refractivity contribution is -0.121. The fourth-order valence-electron chi connectivity index (χ4n) is 2.99. The highest BCUT2D eigenvalue weighted by atomic mass is 79.9. The average Bonchev–Trinajstić information content (AvgIpc) is 2.56. The molecular formula is C18H20BrN3O. The largest absolute Gasteiger partial charge is 0.324 e. The Morgan fingerprint density at radius 3 is 3.04 bits per heavy atom. The van der Waals surface area contributed by atoms with Gasteiger partial charge < -0.3 is 5.32 Å². The van der Waals surface area contributed by atoms with Gasteiger partial charge in [0.1, 0.15) is 0 Å². The summed E-state index contributed by atoms with van der Waals surface area (Å²) in [6.07, 6.45) is 5.39. The molecule has 3 rings (SSSR count). The third kappa shape index (κ3) is 4.62. The number of carbonyl (C=O) groups is 1. The summed E-state index contributed by atoms with van der Waals surface area (Å²) in [7, 11) is 0. The molecule has 0 bridgehead atoms. The number of piperidine rings is 1. The van der Waals surface area contributed by atoms with Gasteiger partial charge in [-0.15, -0.1) is 0 Å². The molecular weight excluding hydrogens is 354 g/mol. The summed E-state index contributed by atoms with van der Waals surface area (Å²) < 4.78 is 1.10. The maximum atomic E-state index is 12.4. The fraction of sp³-hybridized carbons (Fsp3) is 0.333. The second-order valence-electron chi connectivity index (χ2n) is 5.94. The molecule has 0 radical (unpaired) electrons. The zero-order chi connectivity index (χ0) is 16.1. The van der Waals surface area contributed by atoms with Crippen LogP contribution in [0.4, 0.5) is 5.69 Å². The number of anilines is 1. The number of halogens is 1. The van der Waals surface area contributed by atoms with E-state index < -0.39 is 0 Å². The number of carbonyl (C=O) groups excluding carboxylic acids is 1. The molecule has 1 amide bonds. The Hall–Kier alpha value is -1.72. The molecule has 0 spiro atoms. The van der Waals surface area contributed by atoms with E-state index in [4.69, 9.17) is 0 Å². The molecule has 5 heteroatoms. The van der Waals surface area contributed by atoms with Crippen LogP contribution in [0.15, 0.2) is 53.3 Å². The highest BCUT2D eigenvalue weighted by Crippen LogP contribution is 2.21. The van der Waals surface area contributed by atoms with Gasteiger partial charge in [0.05, 0.1) is 17.8 Å². The minimum Gasteiger partial charge on any atom is -0.324 e. The fourth-order valence-corrected chi connectivity index (χ4v) is 3.43. The standard InChI is InChI=1S/C18H20BrN3O/c19-16-6-1-4-14(10-16)12-22-9-3-5-15(13-22)18(23)21-17-7-2-8-20-11-17/h1-2,4,6-8,10-11,15H,3,5,9,12-13H2,(H,21,23). The average molecular weight is 374 g/mol. The third-order valence-corrected chi connectivity index (χ3v) is 4.59. The van der Waals surface area contributed by atoms with Gasteiger partial charge in [0.25, 0.3) is 0 Å². The number of rotatable bonds is 4. The minimum absolute atomic E-state index is 0.0381. The normalized spacial score (nSPS) is 18.6. The number of amides is 1. The van der Waals surface area contributed by atoms with E-state index in [-0.39, 0.29) is 11.8 Å². The van der Waals surface area contributed by atoms with Crippen LogP contribution in [-0.2, 0) is 11.3 Å². The number of hydrogen-bond donors (Lipinski definition) is 1. The summed E-state index contributed by atoms with van der Waals surface area (Å²) in [5.41, 5.74) is 2.04. The third-order valence-electron chi connectivity index (χ3n) is 4.10. The first kappa shape index (κ1) is 16.1. The first-order valence-corrected chi connectivity index (χ1v) is 8.68. The molecule has 1 unspecified atom stereocenters. The van der Waals surface area contributed by atoms with Crippen LogP contribution in [0.1, 0.15) is 18.4 Å². The van der Waals surface area contributed by atoms with Crippen molar-refractivity contribution >= 4 is 27.5 Å². The molecule has 0 aliphatic carbocycles. The van der Waals surface area contributed by atoms with E-state index in [1.165, 1.54) is 5.56 Å². The van der Waals surface area contributed by atoms with E-state index >= 15 is 0 Å². The molecule has 1 atom stereocenters. The van der Waals surface area contributed by atoms with Crippen LogP contribution < -0.4 is 5.32 Å². The lowest BCUT2D eigenvalue weighted by atomic mass is 9.96. The molecule has 1 aromatic carbocycles. The van der Waals surface area contributed by atoms with Crippen LogP contribution in [0.3, 0.4) is 0 Å². The van der Waals surface area contributed by atoms with Gasteiger partial charge >= 0.3 is 0 Å². The monoisotopic (exact) mass is 373 g/mol. The van der Waals surface area contributed by atoms with Crippen LogP contribution in [0.2, 0.25) is 0 Å². The zero-order valence-corrected chi connectivity index (χ0v) is 14.5. The van der Waals surface area contributed by atoms with Gasteiger partial charge in [-0.1, -0.05) is 28.1 Å². The minimum atomic E-state index is 0.0381. The molecule has 1 aliphatic rings. The van der Waals surface area contributed by atoms with E-state index in [9.17, 15) is 4.79 Å². The van der Waals surface area contributed by atoms with Crippen LogP contribution >= 0.6 is 15.9 Å². The summed E-state index contributed by atoms with van der Waals surface area (Å²) >= 11 is 3.51. The maximum Gasteiger partial charge on any atom is 0.228 e. The molecule has 0 saturated carbocycles. The molecule has 1 fully saturated rings. The predicted molar refractivity (Wildman–Crippen MR) is 95.0 cm³/mol. The van der Waals surface area contributed by atoms with Gasteiger partial charge in [-0.3, -0.25) is 14.7 Å². The molecule has 23 heavy (non-hydrogen) atoms. The van der Waals surface area contributed by atoms with Crippen molar-refractivity contribution in [2.75, 3.05) is 18.4 Å². The molecule has 4 nitrogen and oxygen atoms in total. The number of likely N-dealkylation sites (tertiary alicyclic amines) is 1. The van der Waals surface area contributed by atoms with Crippen molar-refractivity contribution in [3.05, 3.63) is 58.8 Å². The molecule has 1 aliphatic heterocycles. The zero-order valence-electron chi connectivity index (χ0n) is 12.9. The SMILES string of the molecule is O=C(Nc1cccnc1)C1CCCN(Cc2cccc(Br)c2)C1. The van der Waals surface area contributed by atoms with Crippen LogP contribution in [-0.4, -0.2) is 28.9 Å². The molecule has 2 aromatic rings. The van der Waals surface area contributed by atoms with Gasteiger partial charge in [-0.05, 0) is 49.2 Å². The van der Waals surface area contributed by atoms with Gasteiger partial charge in [-0.25, -0.2) is 0 Å². The molecule has 1 N–H and O–H groups in total. The lowest BCUT2D eigenvalue weighted by Gasteiger charge is -2.32. The molecule has 1 aromatic heterocycles. The molecule has 2 heterocycles. The van der Waals surface area contributed by atoms with Gasteiger partial charge in [-0.2, -0.15) is 0 Å². The van der Waals surface area contributed by atoms with Crippen molar-refractivity contribution in [3.8, 4) is 0 Å². The van der Waals surface area contributed by atoms with E-state index in [0.29, 0.717) is 0 Å². The Morgan fingerprint density at radius 2 is 2.26 bits per heavy atom. The van der Waals surface area contributed by atoms with Crippen LogP contribution in [0.5, 0.6) is 0 Å². The Morgan fingerprint density at radius 1 is 1.35 bits per heavy atom. The van der Waals surface area contributed by atoms with Gasteiger partial charge in [0, 0.05) is 23.8 Å². The number of aromatic nitrogens is 1. The maximum absolute atomic E-state index is 12.4. The summed E-state index contributed by atoms with van der Waals surface area (Å²) in [5, 5.41) is 2.97. The van der Waals surface area contributed by atoms with Gasteiger partial charge in [0.15, 0.2) is 0 Å². The highest BCUT2D eigenvalue weighted by Gasteiger charge is 2.25.